The number of hydrogen-bond donors (Lipinski definition) is 0. The molecular weight excluding hydrogens is 144 g/mol. The molecule has 0 atom stereocenters. The molecule has 0 aliphatic heterocycles. The lowest BCUT2D eigenvalue weighted by molar-refractivity contribution is 0.226. The molecule has 0 bridgehead atoms. The smallest absolute Gasteiger partial charge is 0.0289 e. The van der Waals surface area contributed by atoms with Crippen LogP contribution in [0.1, 0.15) is 38.5 Å². The van der Waals surface area contributed by atoms with Crippen LogP contribution in [-0.4, -0.2) is 0 Å². The molecule has 0 spiro atoms. The van der Waals surface area contributed by atoms with Crippen LogP contribution in [0.25, 0.3) is 0 Å². The fraction of sp³-hybridized carbons (Fsp3) is 0.667. The van der Waals surface area contributed by atoms with E-state index in [-0.39, 0.29) is 0 Å². The second kappa shape index (κ2) is 3.08. The minimum atomic E-state index is 0.991. The second-order valence-corrected chi connectivity index (χ2v) is 4.51. The van der Waals surface area contributed by atoms with Crippen LogP contribution in [0.5, 0.6) is 0 Å². The summed E-state index contributed by atoms with van der Waals surface area (Å²) in [5.74, 6) is 1.99. The Morgan fingerprint density at radius 1 is 0.833 bits per heavy atom. The molecule has 0 amide bonds. The van der Waals surface area contributed by atoms with Gasteiger partial charge in [0.1, 0.15) is 0 Å². The summed E-state index contributed by atoms with van der Waals surface area (Å²) in [7, 11) is 0. The average molecular weight is 162 g/mol. The molecule has 0 saturated heterocycles. The first kappa shape index (κ1) is 8.10. The van der Waals surface area contributed by atoms with Crippen molar-refractivity contribution in [1.82, 2.24) is 0 Å². The van der Waals surface area contributed by atoms with Gasteiger partial charge >= 0.3 is 0 Å². The van der Waals surface area contributed by atoms with Crippen molar-refractivity contribution < 1.29 is 0 Å². The third kappa shape index (κ3) is 1.48. The van der Waals surface area contributed by atoms with Crippen molar-refractivity contribution in [2.75, 3.05) is 0 Å². The van der Waals surface area contributed by atoms with E-state index < -0.39 is 0 Å². The molecule has 0 unspecified atom stereocenters. The molecule has 2 aliphatic rings. The average Bonchev–Trinajstić information content (AvgIpc) is 2.01. The Labute approximate surface area is 75.4 Å². The molecule has 12 heavy (non-hydrogen) atoms. The summed E-state index contributed by atoms with van der Waals surface area (Å²) in [6.07, 6.45) is 8.00. The summed E-state index contributed by atoms with van der Waals surface area (Å²) in [4.78, 5) is 0. The zero-order chi connectivity index (χ0) is 8.55. The van der Waals surface area contributed by atoms with E-state index in [1.54, 1.807) is 0 Å². The van der Waals surface area contributed by atoms with Gasteiger partial charge < -0.3 is 0 Å². The van der Waals surface area contributed by atoms with Crippen LogP contribution in [0.3, 0.4) is 0 Å². The highest BCUT2D eigenvalue weighted by atomic mass is 14.4. The molecular formula is C12H18. The lowest BCUT2D eigenvalue weighted by Crippen LogP contribution is -2.25. The minimum absolute atomic E-state index is 0.991. The Kier molecular flexibility index (Phi) is 2.08. The fourth-order valence-corrected chi connectivity index (χ4v) is 2.53. The Balaban J connectivity index is 1.82. The van der Waals surface area contributed by atoms with Crippen molar-refractivity contribution >= 4 is 0 Å². The van der Waals surface area contributed by atoms with Crippen LogP contribution >= 0.6 is 0 Å². The SMILES string of the molecule is C=C1CCC(C2CC(=C)C2)CC1. The number of hydrogen-bond acceptors (Lipinski definition) is 0. The van der Waals surface area contributed by atoms with Gasteiger partial charge in [-0.1, -0.05) is 24.3 Å². The summed E-state index contributed by atoms with van der Waals surface area (Å²) >= 11 is 0. The molecule has 0 heteroatoms. The third-order valence-electron chi connectivity index (χ3n) is 3.51. The van der Waals surface area contributed by atoms with Crippen LogP contribution < -0.4 is 0 Å². The van der Waals surface area contributed by atoms with E-state index in [4.69, 9.17) is 0 Å². The lowest BCUT2D eigenvalue weighted by atomic mass is 9.67. The van der Waals surface area contributed by atoms with E-state index in [1.165, 1.54) is 49.7 Å². The molecule has 0 radical (unpaired) electrons. The van der Waals surface area contributed by atoms with E-state index in [1.807, 2.05) is 0 Å². The standard InChI is InChI=1S/C12H18/c1-9-3-5-11(6-4-9)12-7-10(2)8-12/h11-12H,1-8H2. The minimum Gasteiger partial charge on any atom is -0.0999 e. The summed E-state index contributed by atoms with van der Waals surface area (Å²) in [5.41, 5.74) is 2.95. The zero-order valence-corrected chi connectivity index (χ0v) is 7.81. The number of allylic oxidation sites excluding steroid dienone is 2. The van der Waals surface area contributed by atoms with Gasteiger partial charge in [0.05, 0.1) is 0 Å². The van der Waals surface area contributed by atoms with Crippen molar-refractivity contribution in [3.8, 4) is 0 Å². The highest BCUT2D eigenvalue weighted by Gasteiger charge is 2.30. The topological polar surface area (TPSA) is 0 Å². The monoisotopic (exact) mass is 162 g/mol. The van der Waals surface area contributed by atoms with Crippen molar-refractivity contribution in [1.29, 1.82) is 0 Å². The number of rotatable bonds is 1. The van der Waals surface area contributed by atoms with Gasteiger partial charge in [-0.05, 0) is 50.4 Å². The Hall–Kier alpha value is -0.520. The van der Waals surface area contributed by atoms with Crippen molar-refractivity contribution in [2.45, 2.75) is 38.5 Å². The van der Waals surface area contributed by atoms with E-state index in [0.717, 1.165) is 11.8 Å². The maximum atomic E-state index is 4.05. The van der Waals surface area contributed by atoms with E-state index in [0.29, 0.717) is 0 Å². The predicted octanol–water partition coefficient (Wildman–Crippen LogP) is 3.70. The molecule has 2 fully saturated rings. The maximum Gasteiger partial charge on any atom is -0.0289 e. The Bertz CT molecular complexity index is 194. The first-order chi connectivity index (χ1) is 5.75. The lowest BCUT2D eigenvalue weighted by Gasteiger charge is -2.38. The van der Waals surface area contributed by atoms with Gasteiger partial charge in [0.15, 0.2) is 0 Å². The summed E-state index contributed by atoms with van der Waals surface area (Å²) < 4.78 is 0. The summed E-state index contributed by atoms with van der Waals surface area (Å²) in [6.45, 7) is 8.05. The largest absolute Gasteiger partial charge is 0.0999 e. The van der Waals surface area contributed by atoms with Crippen LogP contribution in [-0.2, 0) is 0 Å². The predicted molar refractivity (Wildman–Crippen MR) is 53.0 cm³/mol. The molecule has 66 valence electrons. The third-order valence-corrected chi connectivity index (χ3v) is 3.51. The first-order valence-electron chi connectivity index (χ1n) is 5.09. The van der Waals surface area contributed by atoms with Crippen molar-refractivity contribution in [3.05, 3.63) is 24.3 Å². The van der Waals surface area contributed by atoms with Gasteiger partial charge in [-0.3, -0.25) is 0 Å². The van der Waals surface area contributed by atoms with Gasteiger partial charge in [0.25, 0.3) is 0 Å². The van der Waals surface area contributed by atoms with Gasteiger partial charge in [0.2, 0.25) is 0 Å². The normalized spacial score (nSPS) is 27.3. The molecule has 2 rings (SSSR count). The summed E-state index contributed by atoms with van der Waals surface area (Å²) in [5, 5.41) is 0. The Morgan fingerprint density at radius 2 is 1.42 bits per heavy atom. The Morgan fingerprint density at radius 3 is 1.92 bits per heavy atom. The molecule has 2 aliphatic carbocycles. The van der Waals surface area contributed by atoms with Crippen LogP contribution in [0.4, 0.5) is 0 Å². The van der Waals surface area contributed by atoms with Crippen molar-refractivity contribution in [2.24, 2.45) is 11.8 Å². The molecule has 0 aromatic heterocycles. The van der Waals surface area contributed by atoms with Crippen LogP contribution in [0, 0.1) is 11.8 Å². The molecule has 0 heterocycles. The van der Waals surface area contributed by atoms with Gasteiger partial charge in [-0.2, -0.15) is 0 Å². The van der Waals surface area contributed by atoms with Gasteiger partial charge in [0, 0.05) is 0 Å². The molecule has 0 aromatic rings. The van der Waals surface area contributed by atoms with Gasteiger partial charge in [-0.15, -0.1) is 0 Å². The van der Waals surface area contributed by atoms with Crippen molar-refractivity contribution in [3.63, 3.8) is 0 Å². The quantitative estimate of drug-likeness (QED) is 0.516. The highest BCUT2D eigenvalue weighted by Crippen LogP contribution is 2.43. The molecule has 0 nitrogen and oxygen atoms in total. The second-order valence-electron chi connectivity index (χ2n) is 4.51. The molecule has 2 saturated carbocycles. The van der Waals surface area contributed by atoms with E-state index in [9.17, 15) is 0 Å². The summed E-state index contributed by atoms with van der Waals surface area (Å²) in [6, 6.07) is 0. The van der Waals surface area contributed by atoms with Gasteiger partial charge in [-0.25, -0.2) is 0 Å². The first-order valence-corrected chi connectivity index (χ1v) is 5.09. The molecule has 0 aromatic carbocycles. The van der Waals surface area contributed by atoms with Crippen LogP contribution in [0.2, 0.25) is 0 Å². The van der Waals surface area contributed by atoms with E-state index >= 15 is 0 Å². The van der Waals surface area contributed by atoms with E-state index in [2.05, 4.69) is 13.2 Å². The highest BCUT2D eigenvalue weighted by molar-refractivity contribution is 5.10. The zero-order valence-electron chi connectivity index (χ0n) is 7.81. The fourth-order valence-electron chi connectivity index (χ4n) is 2.53. The molecule has 0 N–H and O–H groups in total. The van der Waals surface area contributed by atoms with Crippen LogP contribution in [0.15, 0.2) is 24.3 Å². The maximum absolute atomic E-state index is 4.05.